The number of hydrogen-bond acceptors (Lipinski definition) is 1. The van der Waals surface area contributed by atoms with Gasteiger partial charge in [-0.1, -0.05) is 6.92 Å². The van der Waals surface area contributed by atoms with E-state index in [-0.39, 0.29) is 40.3 Å². The second-order valence-electron chi connectivity index (χ2n) is 3.52. The van der Waals surface area contributed by atoms with E-state index in [1.54, 1.807) is 12.0 Å². The minimum absolute atomic E-state index is 0.0146. The first-order valence-corrected chi connectivity index (χ1v) is 9.03. The summed E-state index contributed by atoms with van der Waals surface area (Å²) in [5.74, 6) is -0.745. The van der Waals surface area contributed by atoms with Crippen LogP contribution >= 0.6 is 0 Å². The molecule has 1 N–H and O–H groups in total. The quantitative estimate of drug-likeness (QED) is 0.534. The summed E-state index contributed by atoms with van der Waals surface area (Å²) in [5, 5.41) is 7.72. The van der Waals surface area contributed by atoms with Crippen molar-refractivity contribution in [3.63, 3.8) is 0 Å². The predicted octanol–water partition coefficient (Wildman–Crippen LogP) is 3.61. The first-order valence-electron chi connectivity index (χ1n) is 5.90. The Morgan fingerprint density at radius 1 is 1.07 bits per heavy atom. The fourth-order valence-corrected chi connectivity index (χ4v) is 4.25. The van der Waals surface area contributed by atoms with Gasteiger partial charge in [-0.05, 0) is 0 Å². The molecule has 0 atom stereocenters. The molecule has 0 spiro atoms. The molecule has 0 fully saturated rings. The number of hydrogen-bond donors (Lipinski definition) is 1. The Morgan fingerprint density at radius 2 is 1.43 bits per heavy atom. The molecular formula is C11H24CaO2. The first kappa shape index (κ1) is 17.1. The number of carboxylic acid groups (broad SMARTS) is 1. The Bertz CT molecular complexity index is 110. The fourth-order valence-electron chi connectivity index (χ4n) is 1.03. The van der Waals surface area contributed by atoms with Crippen LogP contribution in [0.5, 0.6) is 0 Å². The van der Waals surface area contributed by atoms with E-state index in [1.165, 1.54) is 25.7 Å². The van der Waals surface area contributed by atoms with E-state index in [4.69, 9.17) is 5.11 Å². The zero-order chi connectivity index (χ0) is 11.2. The standard InChI is InChI=1S/2C4H9.C3H6O2.Ca/c2*1-3-4-2;1-2-3(4)5;/h2*1,3-4H2,2H3;2H2,1H3,(H,4,5);. The molecule has 0 aliphatic carbocycles. The second-order valence-corrected chi connectivity index (χ2v) is 6.83. The molecule has 0 aromatic carbocycles. The number of carbonyl (C=O) groups is 1. The molecule has 14 heavy (non-hydrogen) atoms. The van der Waals surface area contributed by atoms with Gasteiger partial charge in [-0.25, -0.2) is 0 Å². The third-order valence-electron chi connectivity index (χ3n) is 2.01. The zero-order valence-electron chi connectivity index (χ0n) is 10.0. The Hall–Kier alpha value is 0.730. The fraction of sp³-hybridized carbons (Fsp3) is 0.909. The van der Waals surface area contributed by atoms with Gasteiger partial charge in [-0.2, -0.15) is 0 Å². The molecule has 0 aromatic rings. The molecule has 0 saturated heterocycles. The van der Waals surface area contributed by atoms with Gasteiger partial charge in [0.25, 0.3) is 0 Å². The monoisotopic (exact) mass is 228 g/mol. The molecule has 0 unspecified atom stereocenters. The average molecular weight is 228 g/mol. The summed E-state index contributed by atoms with van der Waals surface area (Å²) in [6.45, 7) is 6.19. The van der Waals surface area contributed by atoms with Crippen LogP contribution in [0, 0.1) is 0 Å². The molecular weight excluding hydrogens is 204 g/mol. The number of unbranched alkanes of at least 4 members (excludes halogenated alkanes) is 2. The summed E-state index contributed by atoms with van der Waals surface area (Å²) >= 11 is 0.0146. The molecule has 0 aliphatic rings. The van der Waals surface area contributed by atoms with E-state index in [2.05, 4.69) is 13.8 Å². The second kappa shape index (κ2) is 16.2. The average Bonchev–Trinajstić information content (AvgIpc) is 2.19. The molecule has 82 valence electrons. The van der Waals surface area contributed by atoms with Crippen molar-refractivity contribution in [3.8, 4) is 0 Å². The molecule has 2 nitrogen and oxygen atoms in total. The van der Waals surface area contributed by atoms with Gasteiger partial charge in [0.15, 0.2) is 0 Å². The topological polar surface area (TPSA) is 37.3 Å². The summed E-state index contributed by atoms with van der Waals surface area (Å²) in [6, 6.07) is 0. The first-order chi connectivity index (χ1) is 6.68. The van der Waals surface area contributed by atoms with Crippen molar-refractivity contribution in [1.82, 2.24) is 0 Å². The van der Waals surface area contributed by atoms with Crippen molar-refractivity contribution < 1.29 is 9.90 Å². The van der Waals surface area contributed by atoms with Crippen LogP contribution in [0.2, 0.25) is 5.04 Å². The summed E-state index contributed by atoms with van der Waals surface area (Å²) in [5.41, 5.74) is 0. The van der Waals surface area contributed by atoms with Crippen LogP contribution in [-0.4, -0.2) is 44.9 Å². The number of carboxylic acids is 1. The molecule has 0 saturated carbocycles. The van der Waals surface area contributed by atoms with Crippen LogP contribution in [0.15, 0.2) is 0 Å². The van der Waals surface area contributed by atoms with Crippen LogP contribution in [-0.2, 0) is 4.79 Å². The predicted molar refractivity (Wildman–Crippen MR) is 63.1 cm³/mol. The Balaban J connectivity index is 0. The van der Waals surface area contributed by atoms with Gasteiger partial charge in [0.05, 0.1) is 0 Å². The van der Waals surface area contributed by atoms with Gasteiger partial charge in [-0.15, -0.1) is 0 Å². The molecule has 0 bridgehead atoms. The van der Waals surface area contributed by atoms with E-state index in [0.717, 1.165) is 0 Å². The SMILES string of the molecule is CCC(=O)O.CCC[CH2][Ca][CH2]CCC. The molecule has 0 heterocycles. The van der Waals surface area contributed by atoms with E-state index in [9.17, 15) is 4.79 Å². The van der Waals surface area contributed by atoms with Crippen LogP contribution < -0.4 is 0 Å². The molecule has 0 aromatic heterocycles. The normalized spacial score (nSPS) is 8.50. The van der Waals surface area contributed by atoms with Gasteiger partial charge < -0.3 is 5.11 Å². The summed E-state index contributed by atoms with van der Waals surface area (Å²) in [6.07, 6.45) is 6.09. The molecule has 0 radical (unpaired) electrons. The Kier molecular flexibility index (Phi) is 19.8. The van der Waals surface area contributed by atoms with E-state index < -0.39 is 5.97 Å². The number of aliphatic carboxylic acids is 1. The maximum atomic E-state index is 9.37. The Labute approximate surface area is 107 Å². The third-order valence-corrected chi connectivity index (χ3v) is 5.13. The van der Waals surface area contributed by atoms with Crippen LogP contribution in [0.1, 0.15) is 52.9 Å². The van der Waals surface area contributed by atoms with Crippen molar-refractivity contribution >= 4 is 39.8 Å². The van der Waals surface area contributed by atoms with Gasteiger partial charge in [0, 0.05) is 6.42 Å². The molecule has 3 heteroatoms. The van der Waals surface area contributed by atoms with Crippen LogP contribution in [0.25, 0.3) is 0 Å². The molecule has 0 aliphatic heterocycles. The van der Waals surface area contributed by atoms with Gasteiger partial charge in [0.1, 0.15) is 0 Å². The van der Waals surface area contributed by atoms with Gasteiger partial charge in [-0.3, -0.25) is 4.79 Å². The summed E-state index contributed by atoms with van der Waals surface area (Å²) in [7, 11) is 0. The van der Waals surface area contributed by atoms with Crippen molar-refractivity contribution in [3.05, 3.63) is 0 Å². The summed E-state index contributed by atoms with van der Waals surface area (Å²) in [4.78, 5) is 9.37. The van der Waals surface area contributed by atoms with E-state index in [1.807, 2.05) is 0 Å². The van der Waals surface area contributed by atoms with E-state index in [0.29, 0.717) is 0 Å². The van der Waals surface area contributed by atoms with Crippen molar-refractivity contribution in [2.24, 2.45) is 0 Å². The van der Waals surface area contributed by atoms with Gasteiger partial charge >= 0.3 is 84.4 Å². The molecule has 0 rings (SSSR count). The van der Waals surface area contributed by atoms with Gasteiger partial charge in [0.2, 0.25) is 0 Å². The third kappa shape index (κ3) is 23.0. The van der Waals surface area contributed by atoms with Crippen molar-refractivity contribution in [1.29, 1.82) is 0 Å². The maximum absolute atomic E-state index is 9.37. The molecule has 0 amide bonds. The van der Waals surface area contributed by atoms with Crippen LogP contribution in [0.3, 0.4) is 0 Å². The zero-order valence-corrected chi connectivity index (χ0v) is 12.2. The summed E-state index contributed by atoms with van der Waals surface area (Å²) < 4.78 is 3.28. The van der Waals surface area contributed by atoms with E-state index >= 15 is 0 Å². The van der Waals surface area contributed by atoms with Crippen molar-refractivity contribution in [2.75, 3.05) is 0 Å². The number of rotatable bonds is 7. The minimum atomic E-state index is -0.745. The van der Waals surface area contributed by atoms with Crippen molar-refractivity contribution in [2.45, 2.75) is 57.9 Å². The van der Waals surface area contributed by atoms with Crippen LogP contribution in [0.4, 0.5) is 0 Å². The Morgan fingerprint density at radius 3 is 1.64 bits per heavy atom.